The fourth-order valence-corrected chi connectivity index (χ4v) is 8.08. The van der Waals surface area contributed by atoms with Gasteiger partial charge in [0.2, 0.25) is 0 Å². The van der Waals surface area contributed by atoms with Gasteiger partial charge in [-0.05, 0) is 99.2 Å². The highest BCUT2D eigenvalue weighted by atomic mass is 16.3. The molecule has 4 saturated carbocycles. The summed E-state index contributed by atoms with van der Waals surface area (Å²) in [6.07, 6.45) is 11.8. The third-order valence-corrected chi connectivity index (χ3v) is 9.50. The van der Waals surface area contributed by atoms with E-state index in [1.807, 2.05) is 7.05 Å². The van der Waals surface area contributed by atoms with Crippen molar-refractivity contribution in [1.29, 1.82) is 0 Å². The van der Waals surface area contributed by atoms with Crippen LogP contribution >= 0.6 is 0 Å². The van der Waals surface area contributed by atoms with E-state index in [1.54, 1.807) is 0 Å². The molecule has 0 aromatic carbocycles. The zero-order valence-electron chi connectivity index (χ0n) is 16.2. The molecular weight excluding hydrogens is 294 g/mol. The van der Waals surface area contributed by atoms with Crippen LogP contribution in [0.25, 0.3) is 0 Å². The van der Waals surface area contributed by atoms with Crippen LogP contribution in [0.4, 0.5) is 0 Å². The largest absolute Gasteiger partial charge is 0.393 e. The van der Waals surface area contributed by atoms with E-state index < -0.39 is 0 Å². The van der Waals surface area contributed by atoms with E-state index >= 15 is 0 Å². The minimum atomic E-state index is -0.0206. The minimum Gasteiger partial charge on any atom is -0.393 e. The van der Waals surface area contributed by atoms with Crippen LogP contribution in [0.2, 0.25) is 0 Å². The minimum absolute atomic E-state index is 0.0206. The highest BCUT2D eigenvalue weighted by Crippen LogP contribution is 2.67. The Bertz CT molecular complexity index is 528. The molecule has 0 aliphatic heterocycles. The molecule has 4 rings (SSSR count). The van der Waals surface area contributed by atoms with Gasteiger partial charge in [0.1, 0.15) is 0 Å². The van der Waals surface area contributed by atoms with Crippen LogP contribution in [0.3, 0.4) is 0 Å². The summed E-state index contributed by atoms with van der Waals surface area (Å²) >= 11 is 0. The van der Waals surface area contributed by atoms with E-state index in [9.17, 15) is 5.11 Å². The van der Waals surface area contributed by atoms with E-state index in [2.05, 4.69) is 25.8 Å². The van der Waals surface area contributed by atoms with E-state index in [0.29, 0.717) is 10.8 Å². The number of aliphatic hydroxyl groups excluding tert-OH is 1. The van der Waals surface area contributed by atoms with Crippen molar-refractivity contribution >= 4 is 5.71 Å². The average Bonchev–Trinajstić information content (AvgIpc) is 2.92. The SMILES string of the molecule is CN=C(C)[C@H]1CC[C@H]2[C@@H]3CC[C@@H]4C[C@@H](O)CC[C@]4(C)[C@H]3CC[C@]12C. The Labute approximate surface area is 148 Å². The number of hydrogen-bond acceptors (Lipinski definition) is 2. The normalized spacial score (nSPS) is 54.8. The van der Waals surface area contributed by atoms with Crippen molar-refractivity contribution in [2.75, 3.05) is 7.05 Å². The molecule has 24 heavy (non-hydrogen) atoms. The van der Waals surface area contributed by atoms with Crippen LogP contribution < -0.4 is 0 Å². The van der Waals surface area contributed by atoms with Gasteiger partial charge in [-0.3, -0.25) is 4.99 Å². The molecule has 0 saturated heterocycles. The Hall–Kier alpha value is -0.370. The third-order valence-electron chi connectivity index (χ3n) is 9.50. The van der Waals surface area contributed by atoms with Gasteiger partial charge in [0.15, 0.2) is 0 Å². The first-order valence-electron chi connectivity index (χ1n) is 10.5. The van der Waals surface area contributed by atoms with E-state index in [-0.39, 0.29) is 6.10 Å². The first kappa shape index (κ1) is 17.1. The zero-order chi connectivity index (χ0) is 17.1. The molecule has 2 heteroatoms. The highest BCUT2D eigenvalue weighted by molar-refractivity contribution is 5.85. The Balaban J connectivity index is 1.61. The molecule has 0 radical (unpaired) electrons. The van der Waals surface area contributed by atoms with Crippen LogP contribution in [0.1, 0.15) is 78.6 Å². The Morgan fingerprint density at radius 2 is 1.62 bits per heavy atom. The van der Waals surface area contributed by atoms with Gasteiger partial charge in [-0.2, -0.15) is 0 Å². The summed E-state index contributed by atoms with van der Waals surface area (Å²) in [7, 11) is 1.98. The molecule has 0 bridgehead atoms. The number of nitrogens with zero attached hydrogens (tertiary/aromatic N) is 1. The van der Waals surface area contributed by atoms with Gasteiger partial charge in [-0.1, -0.05) is 13.8 Å². The smallest absolute Gasteiger partial charge is 0.0543 e. The Morgan fingerprint density at radius 3 is 2.38 bits per heavy atom. The fourth-order valence-electron chi connectivity index (χ4n) is 8.08. The van der Waals surface area contributed by atoms with Gasteiger partial charge in [-0.25, -0.2) is 0 Å². The summed E-state index contributed by atoms with van der Waals surface area (Å²) in [5, 5.41) is 10.2. The summed E-state index contributed by atoms with van der Waals surface area (Å²) < 4.78 is 0. The molecule has 0 aromatic heterocycles. The van der Waals surface area contributed by atoms with E-state index in [0.717, 1.165) is 42.4 Å². The molecule has 0 amide bonds. The molecule has 4 aliphatic rings. The highest BCUT2D eigenvalue weighted by Gasteiger charge is 2.60. The van der Waals surface area contributed by atoms with Crippen molar-refractivity contribution in [1.82, 2.24) is 0 Å². The second-order valence-electron chi connectivity index (χ2n) is 10.1. The molecule has 136 valence electrons. The fraction of sp³-hybridized carbons (Fsp3) is 0.955. The van der Waals surface area contributed by atoms with Gasteiger partial charge in [0.25, 0.3) is 0 Å². The summed E-state index contributed by atoms with van der Waals surface area (Å²) in [4.78, 5) is 4.59. The topological polar surface area (TPSA) is 32.6 Å². The maximum atomic E-state index is 10.2. The van der Waals surface area contributed by atoms with Crippen molar-refractivity contribution in [2.45, 2.75) is 84.7 Å². The maximum absolute atomic E-state index is 10.2. The lowest BCUT2D eigenvalue weighted by Crippen LogP contribution is -2.54. The van der Waals surface area contributed by atoms with E-state index in [1.165, 1.54) is 50.7 Å². The number of hydrogen-bond donors (Lipinski definition) is 1. The molecule has 1 N–H and O–H groups in total. The van der Waals surface area contributed by atoms with Crippen LogP contribution in [0, 0.1) is 40.4 Å². The predicted molar refractivity (Wildman–Crippen MR) is 100 cm³/mol. The number of fused-ring (bicyclic) bond motifs is 5. The van der Waals surface area contributed by atoms with Crippen molar-refractivity contribution < 1.29 is 5.11 Å². The lowest BCUT2D eigenvalue weighted by atomic mass is 9.44. The number of rotatable bonds is 1. The maximum Gasteiger partial charge on any atom is 0.0543 e. The standard InChI is InChI=1S/C22H37NO/c1-14(23-4)18-7-8-19-17-6-5-15-13-16(24)9-11-21(15,2)20(17)10-12-22(18,19)3/h15-20,24H,5-13H2,1-4H3/t15-,16+,17+,18-,19+,20+,21+,22-/m1/s1. The van der Waals surface area contributed by atoms with Crippen molar-refractivity contribution in [3.05, 3.63) is 0 Å². The van der Waals surface area contributed by atoms with Gasteiger partial charge in [0, 0.05) is 18.7 Å². The summed E-state index contributed by atoms with van der Waals surface area (Å²) in [6, 6.07) is 0. The van der Waals surface area contributed by atoms with E-state index in [4.69, 9.17) is 0 Å². The summed E-state index contributed by atoms with van der Waals surface area (Å²) in [6.45, 7) is 7.46. The second kappa shape index (κ2) is 5.83. The van der Waals surface area contributed by atoms with Gasteiger partial charge in [-0.15, -0.1) is 0 Å². The predicted octanol–water partition coefficient (Wildman–Crippen LogP) is 5.10. The second-order valence-corrected chi connectivity index (χ2v) is 10.1. The van der Waals surface area contributed by atoms with Crippen molar-refractivity contribution in [3.63, 3.8) is 0 Å². The number of aliphatic hydroxyl groups is 1. The first-order valence-corrected chi connectivity index (χ1v) is 10.5. The first-order chi connectivity index (χ1) is 11.4. The molecule has 2 nitrogen and oxygen atoms in total. The van der Waals surface area contributed by atoms with Gasteiger partial charge in [0.05, 0.1) is 6.10 Å². The zero-order valence-corrected chi connectivity index (χ0v) is 16.2. The van der Waals surface area contributed by atoms with Crippen LogP contribution in [-0.4, -0.2) is 24.0 Å². The van der Waals surface area contributed by atoms with Crippen LogP contribution in [0.5, 0.6) is 0 Å². The number of aliphatic imine (C=N–C) groups is 1. The van der Waals surface area contributed by atoms with Gasteiger partial charge >= 0.3 is 0 Å². The monoisotopic (exact) mass is 331 g/mol. The third kappa shape index (κ3) is 2.27. The molecule has 8 atom stereocenters. The van der Waals surface area contributed by atoms with Crippen LogP contribution in [-0.2, 0) is 0 Å². The molecule has 0 aromatic rings. The quantitative estimate of drug-likeness (QED) is 0.666. The molecule has 4 aliphatic carbocycles. The molecule has 4 fully saturated rings. The van der Waals surface area contributed by atoms with Crippen LogP contribution in [0.15, 0.2) is 4.99 Å². The Morgan fingerprint density at radius 1 is 0.917 bits per heavy atom. The molecular formula is C22H37NO. The molecule has 0 spiro atoms. The van der Waals surface area contributed by atoms with Gasteiger partial charge < -0.3 is 5.11 Å². The molecule has 0 unspecified atom stereocenters. The Kier molecular flexibility index (Phi) is 4.14. The average molecular weight is 332 g/mol. The lowest BCUT2D eigenvalue weighted by molar-refractivity contribution is -0.123. The van der Waals surface area contributed by atoms with Crippen molar-refractivity contribution in [3.8, 4) is 0 Å². The summed E-state index contributed by atoms with van der Waals surface area (Å²) in [5.41, 5.74) is 2.41. The summed E-state index contributed by atoms with van der Waals surface area (Å²) in [5.74, 6) is 4.28. The van der Waals surface area contributed by atoms with Crippen molar-refractivity contribution in [2.24, 2.45) is 45.4 Å². The lowest BCUT2D eigenvalue weighted by Gasteiger charge is -2.61. The molecule has 0 heterocycles.